The van der Waals surface area contributed by atoms with Gasteiger partial charge >= 0.3 is 12.0 Å². The number of benzene rings is 1. The number of furan rings is 1. The van der Waals surface area contributed by atoms with Gasteiger partial charge in [-0.3, -0.25) is 0 Å². The summed E-state index contributed by atoms with van der Waals surface area (Å²) in [5.74, 6) is 0.0641. The molecule has 0 aliphatic heterocycles. The van der Waals surface area contributed by atoms with Gasteiger partial charge in [0.15, 0.2) is 0 Å². The quantitative estimate of drug-likeness (QED) is 0.627. The lowest BCUT2D eigenvalue weighted by atomic mass is 10.2. The van der Waals surface area contributed by atoms with Crippen LogP contribution < -0.4 is 10.6 Å². The molecule has 1 aromatic carbocycles. The lowest BCUT2D eigenvalue weighted by Crippen LogP contribution is -2.27. The largest absolute Gasteiger partial charge is 0.460 e. The Morgan fingerprint density at radius 1 is 1.21 bits per heavy atom. The molecule has 2 aromatic heterocycles. The van der Waals surface area contributed by atoms with Crippen molar-refractivity contribution >= 4 is 28.6 Å². The first-order valence-corrected chi connectivity index (χ1v) is 7.53. The molecule has 0 bridgehead atoms. The van der Waals surface area contributed by atoms with Gasteiger partial charge in [-0.05, 0) is 43.3 Å². The van der Waals surface area contributed by atoms with E-state index in [-0.39, 0.29) is 24.9 Å². The zero-order chi connectivity index (χ0) is 16.9. The number of hydrogen-bond donors (Lipinski definition) is 3. The number of ether oxygens (including phenoxy) is 1. The van der Waals surface area contributed by atoms with Gasteiger partial charge < -0.3 is 24.8 Å². The van der Waals surface area contributed by atoms with Crippen LogP contribution in [0.2, 0.25) is 0 Å². The Balaban J connectivity index is 1.54. The van der Waals surface area contributed by atoms with Crippen molar-refractivity contribution in [2.24, 2.45) is 0 Å². The molecular formula is C17H17N3O4. The summed E-state index contributed by atoms with van der Waals surface area (Å²) in [4.78, 5) is 26.5. The Hall–Kier alpha value is -3.22. The average molecular weight is 327 g/mol. The maximum atomic E-state index is 11.9. The summed E-state index contributed by atoms with van der Waals surface area (Å²) in [6.45, 7) is 2.16. The highest BCUT2D eigenvalue weighted by atomic mass is 16.5. The summed E-state index contributed by atoms with van der Waals surface area (Å²) in [7, 11) is 0. The molecule has 3 N–H and O–H groups in total. The van der Waals surface area contributed by atoms with E-state index in [1.165, 1.54) is 6.07 Å². The third-order valence-electron chi connectivity index (χ3n) is 3.37. The molecule has 0 fully saturated rings. The minimum Gasteiger partial charge on any atom is -0.460 e. The van der Waals surface area contributed by atoms with Crippen LogP contribution in [0.15, 0.2) is 47.0 Å². The molecule has 0 aliphatic carbocycles. The molecule has 0 radical (unpaired) electrons. The molecule has 7 heteroatoms. The summed E-state index contributed by atoms with van der Waals surface area (Å²) >= 11 is 0. The second kappa shape index (κ2) is 6.91. The van der Waals surface area contributed by atoms with E-state index in [9.17, 15) is 9.59 Å². The topological polar surface area (TPSA) is 96.4 Å². The van der Waals surface area contributed by atoms with E-state index in [0.29, 0.717) is 11.4 Å². The average Bonchev–Trinajstić information content (AvgIpc) is 3.22. The van der Waals surface area contributed by atoms with Gasteiger partial charge in [0.1, 0.15) is 5.76 Å². The van der Waals surface area contributed by atoms with Crippen LogP contribution in [0, 0.1) is 0 Å². The maximum Gasteiger partial charge on any atom is 0.374 e. The Bertz CT molecular complexity index is 865. The minimum absolute atomic E-state index is 0.118. The Morgan fingerprint density at radius 3 is 2.92 bits per heavy atom. The van der Waals surface area contributed by atoms with Gasteiger partial charge in [-0.15, -0.1) is 0 Å². The number of aromatic nitrogens is 1. The van der Waals surface area contributed by atoms with Crippen LogP contribution in [0.5, 0.6) is 0 Å². The minimum atomic E-state index is -0.520. The van der Waals surface area contributed by atoms with Gasteiger partial charge in [0.2, 0.25) is 5.76 Å². The highest BCUT2D eigenvalue weighted by molar-refractivity contribution is 5.92. The van der Waals surface area contributed by atoms with Crippen LogP contribution in [0.25, 0.3) is 10.9 Å². The predicted molar refractivity (Wildman–Crippen MR) is 88.8 cm³/mol. The number of hydrogen-bond acceptors (Lipinski definition) is 4. The van der Waals surface area contributed by atoms with E-state index in [0.717, 1.165) is 10.9 Å². The molecule has 24 heavy (non-hydrogen) atoms. The number of anilines is 1. The number of urea groups is 1. The standard InChI is InChI=1S/C17H17N3O4/c1-2-23-16(21)15-6-4-13(24-15)10-19-17(22)20-12-3-5-14-11(9-12)7-8-18-14/h3-9,18H,2,10H2,1H3,(H2,19,20,22). The van der Waals surface area contributed by atoms with Crippen molar-refractivity contribution in [1.29, 1.82) is 0 Å². The van der Waals surface area contributed by atoms with Crippen LogP contribution in [0.3, 0.4) is 0 Å². The van der Waals surface area contributed by atoms with Crippen LogP contribution in [0.1, 0.15) is 23.2 Å². The molecule has 2 heterocycles. The number of amides is 2. The Morgan fingerprint density at radius 2 is 2.08 bits per heavy atom. The van der Waals surface area contributed by atoms with Crippen LogP contribution >= 0.6 is 0 Å². The van der Waals surface area contributed by atoms with E-state index >= 15 is 0 Å². The maximum absolute atomic E-state index is 11.9. The zero-order valence-corrected chi connectivity index (χ0v) is 13.1. The van der Waals surface area contributed by atoms with Gasteiger partial charge in [-0.25, -0.2) is 9.59 Å². The number of aromatic amines is 1. The molecule has 0 atom stereocenters. The SMILES string of the molecule is CCOC(=O)c1ccc(CNC(=O)Nc2ccc3[nH]ccc3c2)o1. The van der Waals surface area contributed by atoms with Gasteiger partial charge in [-0.1, -0.05) is 0 Å². The summed E-state index contributed by atoms with van der Waals surface area (Å²) in [6.07, 6.45) is 1.84. The third-order valence-corrected chi connectivity index (χ3v) is 3.37. The van der Waals surface area contributed by atoms with E-state index < -0.39 is 5.97 Å². The summed E-state index contributed by atoms with van der Waals surface area (Å²) in [5.41, 5.74) is 1.69. The van der Waals surface area contributed by atoms with Crippen molar-refractivity contribution in [2.75, 3.05) is 11.9 Å². The third kappa shape index (κ3) is 3.57. The smallest absolute Gasteiger partial charge is 0.374 e. The van der Waals surface area contributed by atoms with Crippen molar-refractivity contribution in [3.63, 3.8) is 0 Å². The number of carbonyl (C=O) groups excluding carboxylic acids is 2. The molecule has 0 unspecified atom stereocenters. The van der Waals surface area contributed by atoms with E-state index in [1.54, 1.807) is 13.0 Å². The first-order chi connectivity index (χ1) is 11.7. The van der Waals surface area contributed by atoms with Crippen molar-refractivity contribution in [1.82, 2.24) is 10.3 Å². The second-order valence-electron chi connectivity index (χ2n) is 5.07. The molecule has 0 spiro atoms. The van der Waals surface area contributed by atoms with E-state index in [4.69, 9.17) is 9.15 Å². The van der Waals surface area contributed by atoms with Crippen molar-refractivity contribution in [3.05, 3.63) is 54.1 Å². The Labute approximate surface area is 138 Å². The monoisotopic (exact) mass is 327 g/mol. The Kier molecular flexibility index (Phi) is 4.51. The molecule has 124 valence electrons. The molecule has 3 aromatic rings. The summed E-state index contributed by atoms with van der Waals surface area (Å²) < 4.78 is 10.2. The van der Waals surface area contributed by atoms with Crippen LogP contribution in [0.4, 0.5) is 10.5 Å². The summed E-state index contributed by atoms with van der Waals surface area (Å²) in [6, 6.07) is 10.3. The molecule has 0 aliphatic rings. The van der Waals surface area contributed by atoms with Gasteiger partial charge in [0.25, 0.3) is 0 Å². The normalized spacial score (nSPS) is 10.5. The fraction of sp³-hybridized carbons (Fsp3) is 0.176. The highest BCUT2D eigenvalue weighted by Gasteiger charge is 2.12. The van der Waals surface area contributed by atoms with Crippen molar-refractivity contribution in [2.45, 2.75) is 13.5 Å². The molecular weight excluding hydrogens is 310 g/mol. The zero-order valence-electron chi connectivity index (χ0n) is 13.1. The number of fused-ring (bicyclic) bond motifs is 1. The molecule has 0 saturated heterocycles. The molecule has 3 rings (SSSR count). The lowest BCUT2D eigenvalue weighted by molar-refractivity contribution is 0.0488. The van der Waals surface area contributed by atoms with Gasteiger partial charge in [-0.2, -0.15) is 0 Å². The van der Waals surface area contributed by atoms with E-state index in [2.05, 4.69) is 15.6 Å². The second-order valence-corrected chi connectivity index (χ2v) is 5.07. The first-order valence-electron chi connectivity index (χ1n) is 7.53. The van der Waals surface area contributed by atoms with Gasteiger partial charge in [0.05, 0.1) is 13.2 Å². The predicted octanol–water partition coefficient (Wildman–Crippen LogP) is 3.26. The number of nitrogens with one attached hydrogen (secondary N) is 3. The fourth-order valence-electron chi connectivity index (χ4n) is 2.26. The molecule has 7 nitrogen and oxygen atoms in total. The van der Waals surface area contributed by atoms with Crippen molar-refractivity contribution < 1.29 is 18.7 Å². The highest BCUT2D eigenvalue weighted by Crippen LogP contribution is 2.17. The number of esters is 1. The van der Waals surface area contributed by atoms with Gasteiger partial charge in [0, 0.05) is 22.8 Å². The number of H-pyrrole nitrogens is 1. The lowest BCUT2D eigenvalue weighted by Gasteiger charge is -2.06. The molecule has 0 saturated carbocycles. The first kappa shape index (κ1) is 15.7. The van der Waals surface area contributed by atoms with Crippen LogP contribution in [-0.2, 0) is 11.3 Å². The number of rotatable bonds is 5. The fourth-order valence-corrected chi connectivity index (χ4v) is 2.26. The molecule has 2 amide bonds. The van der Waals surface area contributed by atoms with Crippen molar-refractivity contribution in [3.8, 4) is 0 Å². The van der Waals surface area contributed by atoms with Crippen LogP contribution in [-0.4, -0.2) is 23.6 Å². The summed E-state index contributed by atoms with van der Waals surface area (Å²) in [5, 5.41) is 6.43. The number of carbonyl (C=O) groups is 2. The van der Waals surface area contributed by atoms with E-state index in [1.807, 2.05) is 30.5 Å².